The van der Waals surface area contributed by atoms with Gasteiger partial charge < -0.3 is 10.5 Å². The molecule has 1 fully saturated rings. The second kappa shape index (κ2) is 4.37. The smallest absolute Gasteiger partial charge is 0.258 e. The summed E-state index contributed by atoms with van der Waals surface area (Å²) in [7, 11) is -3.65. The number of morpholine rings is 1. The maximum atomic E-state index is 11.8. The molecular weight excluding hydrogens is 234 g/mol. The highest BCUT2D eigenvalue weighted by atomic mass is 32.2. The van der Waals surface area contributed by atoms with E-state index in [9.17, 15) is 8.42 Å². The summed E-state index contributed by atoms with van der Waals surface area (Å²) in [6.07, 6.45) is 1.18. The summed E-state index contributed by atoms with van der Waals surface area (Å²) >= 11 is 0. The summed E-state index contributed by atoms with van der Waals surface area (Å²) < 4.78 is 28.8. The second-order valence-corrected chi connectivity index (χ2v) is 4.97. The number of hydrazine groups is 1. The number of nitrogens with zero attached hydrogens (tertiary/aromatic N) is 2. The molecule has 0 unspecified atom stereocenters. The van der Waals surface area contributed by atoms with Crippen molar-refractivity contribution in [1.82, 2.24) is 20.0 Å². The van der Waals surface area contributed by atoms with E-state index < -0.39 is 10.0 Å². The SMILES string of the molecule is Nc1[nH]ncc1S(=O)(=O)NN1CCOCC1. The van der Waals surface area contributed by atoms with Crippen LogP contribution in [0.1, 0.15) is 0 Å². The topological polar surface area (TPSA) is 113 Å². The Hall–Kier alpha value is -1.16. The van der Waals surface area contributed by atoms with Crippen LogP contribution in [0.2, 0.25) is 0 Å². The first kappa shape index (κ1) is 11.3. The number of nitrogens with two attached hydrogens (primary N) is 1. The largest absolute Gasteiger partial charge is 0.383 e. The third kappa shape index (κ3) is 2.32. The van der Waals surface area contributed by atoms with Crippen molar-refractivity contribution >= 4 is 15.8 Å². The molecule has 0 saturated carbocycles. The molecule has 0 radical (unpaired) electrons. The Bertz CT molecular complexity index is 450. The molecular formula is C7H13N5O3S. The van der Waals surface area contributed by atoms with Gasteiger partial charge in [0.15, 0.2) is 0 Å². The fraction of sp³-hybridized carbons (Fsp3) is 0.571. The Morgan fingerprint density at radius 1 is 1.50 bits per heavy atom. The normalized spacial score (nSPS) is 18.8. The van der Waals surface area contributed by atoms with Crippen molar-refractivity contribution in [2.24, 2.45) is 0 Å². The third-order valence-electron chi connectivity index (χ3n) is 2.18. The molecule has 16 heavy (non-hydrogen) atoms. The number of nitrogen functional groups attached to an aromatic ring is 1. The number of aromatic nitrogens is 2. The molecule has 0 atom stereocenters. The van der Waals surface area contributed by atoms with Crippen LogP contribution in [0.3, 0.4) is 0 Å². The number of nitrogens with one attached hydrogen (secondary N) is 2. The van der Waals surface area contributed by atoms with Crippen molar-refractivity contribution in [3.63, 3.8) is 0 Å². The Labute approximate surface area is 92.8 Å². The zero-order chi connectivity index (χ0) is 11.6. The van der Waals surface area contributed by atoms with Crippen molar-refractivity contribution in [2.75, 3.05) is 32.0 Å². The van der Waals surface area contributed by atoms with E-state index in [0.29, 0.717) is 26.3 Å². The predicted octanol–water partition coefficient (Wildman–Crippen LogP) is -1.48. The minimum absolute atomic E-state index is 0.0285. The minimum Gasteiger partial charge on any atom is -0.383 e. The van der Waals surface area contributed by atoms with Crippen molar-refractivity contribution in [1.29, 1.82) is 0 Å². The van der Waals surface area contributed by atoms with E-state index in [4.69, 9.17) is 10.5 Å². The van der Waals surface area contributed by atoms with Gasteiger partial charge in [-0.15, -0.1) is 4.83 Å². The zero-order valence-corrected chi connectivity index (χ0v) is 9.33. The number of anilines is 1. The predicted molar refractivity (Wildman–Crippen MR) is 55.7 cm³/mol. The second-order valence-electron chi connectivity index (χ2n) is 3.34. The number of rotatable bonds is 3. The number of H-pyrrole nitrogens is 1. The summed E-state index contributed by atoms with van der Waals surface area (Å²) in [5, 5.41) is 7.52. The lowest BCUT2D eigenvalue weighted by Crippen LogP contribution is -2.48. The van der Waals surface area contributed by atoms with E-state index in [-0.39, 0.29) is 10.7 Å². The van der Waals surface area contributed by atoms with Gasteiger partial charge in [0.25, 0.3) is 10.0 Å². The van der Waals surface area contributed by atoms with Crippen LogP contribution < -0.4 is 10.6 Å². The number of hydrogen-bond donors (Lipinski definition) is 3. The molecule has 1 aliphatic rings. The molecule has 0 amide bonds. The van der Waals surface area contributed by atoms with Gasteiger partial charge in [0.05, 0.1) is 19.4 Å². The first-order valence-electron chi connectivity index (χ1n) is 4.73. The van der Waals surface area contributed by atoms with Crippen LogP contribution in [-0.2, 0) is 14.8 Å². The number of sulfonamides is 1. The highest BCUT2D eigenvalue weighted by Gasteiger charge is 2.23. The maximum Gasteiger partial charge on any atom is 0.258 e. The summed E-state index contributed by atoms with van der Waals surface area (Å²) in [6.45, 7) is 2.03. The van der Waals surface area contributed by atoms with E-state index in [0.717, 1.165) is 0 Å². The van der Waals surface area contributed by atoms with Crippen LogP contribution >= 0.6 is 0 Å². The van der Waals surface area contributed by atoms with Gasteiger partial charge >= 0.3 is 0 Å². The molecule has 90 valence electrons. The highest BCUT2D eigenvalue weighted by Crippen LogP contribution is 2.14. The molecule has 1 aromatic heterocycles. The lowest BCUT2D eigenvalue weighted by Gasteiger charge is -2.26. The zero-order valence-electron chi connectivity index (χ0n) is 8.51. The highest BCUT2D eigenvalue weighted by molar-refractivity contribution is 7.89. The molecule has 1 saturated heterocycles. The number of aromatic amines is 1. The van der Waals surface area contributed by atoms with Gasteiger partial charge in [-0.25, -0.2) is 13.4 Å². The molecule has 2 heterocycles. The lowest BCUT2D eigenvalue weighted by atomic mass is 10.5. The first-order chi connectivity index (χ1) is 7.59. The Balaban J connectivity index is 2.11. The maximum absolute atomic E-state index is 11.8. The molecule has 1 aliphatic heterocycles. The quantitative estimate of drug-likeness (QED) is 0.600. The Morgan fingerprint density at radius 3 is 2.75 bits per heavy atom. The van der Waals surface area contributed by atoms with Gasteiger partial charge in [-0.3, -0.25) is 5.10 Å². The Morgan fingerprint density at radius 2 is 2.19 bits per heavy atom. The average Bonchev–Trinajstić information content (AvgIpc) is 2.66. The monoisotopic (exact) mass is 247 g/mol. The Kier molecular flexibility index (Phi) is 3.10. The number of hydrogen-bond acceptors (Lipinski definition) is 6. The molecule has 0 aromatic carbocycles. The van der Waals surface area contributed by atoms with Crippen LogP contribution in [-0.4, -0.2) is 49.9 Å². The van der Waals surface area contributed by atoms with E-state index in [2.05, 4.69) is 15.0 Å². The molecule has 0 aliphatic carbocycles. The third-order valence-corrected chi connectivity index (χ3v) is 3.59. The molecule has 0 spiro atoms. The van der Waals surface area contributed by atoms with Crippen LogP contribution in [0, 0.1) is 0 Å². The summed E-state index contributed by atoms with van der Waals surface area (Å²) in [6, 6.07) is 0. The van der Waals surface area contributed by atoms with Crippen LogP contribution in [0.15, 0.2) is 11.1 Å². The molecule has 9 heteroatoms. The van der Waals surface area contributed by atoms with Gasteiger partial charge in [0.2, 0.25) is 0 Å². The van der Waals surface area contributed by atoms with Crippen molar-refractivity contribution < 1.29 is 13.2 Å². The van der Waals surface area contributed by atoms with Crippen LogP contribution in [0.5, 0.6) is 0 Å². The molecule has 4 N–H and O–H groups in total. The average molecular weight is 247 g/mol. The van der Waals surface area contributed by atoms with E-state index in [1.807, 2.05) is 0 Å². The molecule has 0 bridgehead atoms. The van der Waals surface area contributed by atoms with Crippen molar-refractivity contribution in [3.05, 3.63) is 6.20 Å². The van der Waals surface area contributed by atoms with Crippen LogP contribution in [0.4, 0.5) is 5.82 Å². The fourth-order valence-corrected chi connectivity index (χ4v) is 2.52. The van der Waals surface area contributed by atoms with Gasteiger partial charge in [0.1, 0.15) is 10.7 Å². The van der Waals surface area contributed by atoms with E-state index in [1.54, 1.807) is 5.01 Å². The standard InChI is InChI=1S/C7H13N5O3S/c8-7-6(5-9-10-7)16(13,14)11-12-1-3-15-4-2-12/h5,11H,1-4H2,(H3,8,9,10). The fourth-order valence-electron chi connectivity index (χ4n) is 1.37. The van der Waals surface area contributed by atoms with E-state index >= 15 is 0 Å². The van der Waals surface area contributed by atoms with Gasteiger partial charge in [-0.1, -0.05) is 0 Å². The van der Waals surface area contributed by atoms with Crippen molar-refractivity contribution in [3.8, 4) is 0 Å². The molecule has 2 rings (SSSR count). The minimum atomic E-state index is -3.65. The van der Waals surface area contributed by atoms with Gasteiger partial charge in [0, 0.05) is 13.1 Å². The summed E-state index contributed by atoms with van der Waals surface area (Å²) in [5.41, 5.74) is 5.45. The number of ether oxygens (including phenoxy) is 1. The molecule has 8 nitrogen and oxygen atoms in total. The summed E-state index contributed by atoms with van der Waals surface area (Å²) in [4.78, 5) is 2.38. The van der Waals surface area contributed by atoms with Crippen LogP contribution in [0.25, 0.3) is 0 Å². The van der Waals surface area contributed by atoms with Gasteiger partial charge in [-0.05, 0) is 0 Å². The molecule has 1 aromatic rings. The first-order valence-corrected chi connectivity index (χ1v) is 6.22. The lowest BCUT2D eigenvalue weighted by molar-refractivity contribution is 0.0272. The van der Waals surface area contributed by atoms with Gasteiger partial charge in [-0.2, -0.15) is 5.10 Å². The van der Waals surface area contributed by atoms with Crippen molar-refractivity contribution in [2.45, 2.75) is 4.90 Å². The summed E-state index contributed by atoms with van der Waals surface area (Å²) in [5.74, 6) is 0.0285. The van der Waals surface area contributed by atoms with E-state index in [1.165, 1.54) is 6.20 Å².